The third kappa shape index (κ3) is 5.10. The first-order valence-corrected chi connectivity index (χ1v) is 12.4. The molecular weight excluding hydrogens is 456 g/mol. The molecule has 0 fully saturated rings. The third-order valence-corrected chi connectivity index (χ3v) is 6.68. The van der Waals surface area contributed by atoms with Crippen LogP contribution in [0.25, 0.3) is 22.0 Å². The van der Waals surface area contributed by atoms with E-state index in [1.807, 2.05) is 84.3 Å². The summed E-state index contributed by atoms with van der Waals surface area (Å²) in [6.45, 7) is 2.98. The summed E-state index contributed by atoms with van der Waals surface area (Å²) in [6, 6.07) is 27.6. The molecule has 0 bridgehead atoms. The molecule has 3 aromatic carbocycles. The molecule has 0 N–H and O–H groups in total. The molecule has 5 rings (SSSR count). The van der Waals surface area contributed by atoms with Gasteiger partial charge in [0.2, 0.25) is 0 Å². The van der Waals surface area contributed by atoms with Gasteiger partial charge in [0.25, 0.3) is 0 Å². The molecule has 174 valence electrons. The maximum Gasteiger partial charge on any atom is 0.191 e. The molecule has 7 heteroatoms. The van der Waals surface area contributed by atoms with Crippen LogP contribution in [0.2, 0.25) is 0 Å². The molecule has 2 aromatic heterocycles. The molecule has 0 aliphatic rings. The van der Waals surface area contributed by atoms with Crippen molar-refractivity contribution in [3.05, 3.63) is 103 Å². The van der Waals surface area contributed by atoms with Crippen molar-refractivity contribution in [2.75, 3.05) is 5.75 Å². The molecule has 35 heavy (non-hydrogen) atoms. The molecule has 6 nitrogen and oxygen atoms in total. The van der Waals surface area contributed by atoms with Crippen molar-refractivity contribution >= 4 is 28.4 Å². The van der Waals surface area contributed by atoms with Gasteiger partial charge in [0, 0.05) is 23.7 Å². The van der Waals surface area contributed by atoms with Gasteiger partial charge >= 0.3 is 0 Å². The highest BCUT2D eigenvalue weighted by atomic mass is 32.2. The van der Waals surface area contributed by atoms with E-state index in [9.17, 15) is 4.79 Å². The molecular formula is C28H24N4O2S. The van der Waals surface area contributed by atoms with Gasteiger partial charge in [-0.15, -0.1) is 10.2 Å². The van der Waals surface area contributed by atoms with Crippen LogP contribution in [0.3, 0.4) is 0 Å². The molecule has 0 atom stereocenters. The zero-order chi connectivity index (χ0) is 24.0. The maximum absolute atomic E-state index is 12.8. The lowest BCUT2D eigenvalue weighted by atomic mass is 10.0. The van der Waals surface area contributed by atoms with E-state index in [1.54, 1.807) is 6.20 Å². The lowest BCUT2D eigenvalue weighted by Gasteiger charge is -2.10. The van der Waals surface area contributed by atoms with E-state index in [0.717, 1.165) is 22.0 Å². The van der Waals surface area contributed by atoms with Crippen molar-refractivity contribution in [2.45, 2.75) is 25.2 Å². The lowest BCUT2D eigenvalue weighted by molar-refractivity contribution is 0.102. The highest BCUT2D eigenvalue weighted by molar-refractivity contribution is 7.99. The number of hydrogen-bond acceptors (Lipinski definition) is 6. The number of hydrogen-bond donors (Lipinski definition) is 0. The van der Waals surface area contributed by atoms with Crippen molar-refractivity contribution in [3.8, 4) is 16.9 Å². The van der Waals surface area contributed by atoms with Crippen molar-refractivity contribution in [2.24, 2.45) is 0 Å². The summed E-state index contributed by atoms with van der Waals surface area (Å²) in [4.78, 5) is 17.2. The van der Waals surface area contributed by atoms with Crippen LogP contribution in [0.4, 0.5) is 0 Å². The number of fused-ring (bicyclic) bond motifs is 1. The molecule has 0 saturated heterocycles. The Morgan fingerprint density at radius 3 is 2.46 bits per heavy atom. The Hall–Kier alpha value is -3.97. The Labute approximate surface area is 208 Å². The topological polar surface area (TPSA) is 69.9 Å². The number of rotatable bonds is 9. The fourth-order valence-electron chi connectivity index (χ4n) is 3.88. The SMILES string of the molecule is CCn1c(COc2cccc3cccnc23)nnc1SCC(=O)c1ccc(-c2ccccc2)cc1. The van der Waals surface area contributed by atoms with Crippen LogP contribution < -0.4 is 4.74 Å². The number of carbonyl (C=O) groups is 1. The number of carbonyl (C=O) groups excluding carboxylic acids is 1. The van der Waals surface area contributed by atoms with Crippen LogP contribution in [-0.4, -0.2) is 31.3 Å². The van der Waals surface area contributed by atoms with Gasteiger partial charge in [-0.25, -0.2) is 0 Å². The third-order valence-electron chi connectivity index (χ3n) is 5.71. The molecule has 0 aliphatic heterocycles. The van der Waals surface area contributed by atoms with Gasteiger partial charge in [-0.3, -0.25) is 9.78 Å². The molecule has 0 aliphatic carbocycles. The highest BCUT2D eigenvalue weighted by Crippen LogP contribution is 2.25. The zero-order valence-electron chi connectivity index (χ0n) is 19.3. The second-order valence-corrected chi connectivity index (χ2v) is 8.86. The van der Waals surface area contributed by atoms with Gasteiger partial charge in [-0.05, 0) is 30.2 Å². The van der Waals surface area contributed by atoms with Gasteiger partial charge in [0.05, 0.1) is 5.75 Å². The number of aromatic nitrogens is 4. The van der Waals surface area contributed by atoms with Gasteiger partial charge in [-0.2, -0.15) is 0 Å². The predicted molar refractivity (Wildman–Crippen MR) is 139 cm³/mol. The summed E-state index contributed by atoms with van der Waals surface area (Å²) in [5.41, 5.74) is 3.72. The molecule has 0 unspecified atom stereocenters. The summed E-state index contributed by atoms with van der Waals surface area (Å²) in [5, 5.41) is 10.3. The quantitative estimate of drug-likeness (QED) is 0.188. The Kier molecular flexibility index (Phi) is 6.86. The van der Waals surface area contributed by atoms with Gasteiger partial charge in [0.1, 0.15) is 17.9 Å². The number of benzene rings is 3. The van der Waals surface area contributed by atoms with E-state index < -0.39 is 0 Å². The van der Waals surface area contributed by atoms with Crippen molar-refractivity contribution in [3.63, 3.8) is 0 Å². The van der Waals surface area contributed by atoms with Crippen LogP contribution in [-0.2, 0) is 13.2 Å². The number of ether oxygens (including phenoxy) is 1. The standard InChI is InChI=1S/C28H24N4O2S/c1-2-32-26(18-34-25-12-6-10-23-11-7-17-29-27(23)25)30-31-28(32)35-19-24(33)22-15-13-21(14-16-22)20-8-4-3-5-9-20/h3-17H,2,18-19H2,1H3. The molecule has 2 heterocycles. The maximum atomic E-state index is 12.8. The molecule has 0 amide bonds. The lowest BCUT2D eigenvalue weighted by Crippen LogP contribution is -2.08. The van der Waals surface area contributed by atoms with E-state index in [4.69, 9.17) is 4.74 Å². The van der Waals surface area contributed by atoms with Crippen LogP contribution in [0.15, 0.2) is 96.3 Å². The van der Waals surface area contributed by atoms with Crippen LogP contribution in [0.5, 0.6) is 5.75 Å². The minimum Gasteiger partial charge on any atom is -0.483 e. The zero-order valence-corrected chi connectivity index (χ0v) is 20.1. The van der Waals surface area contributed by atoms with Gasteiger partial charge in [0.15, 0.2) is 16.8 Å². The summed E-state index contributed by atoms with van der Waals surface area (Å²) in [7, 11) is 0. The second kappa shape index (κ2) is 10.5. The number of nitrogens with zero attached hydrogens (tertiary/aromatic N) is 4. The smallest absolute Gasteiger partial charge is 0.191 e. The first kappa shape index (κ1) is 22.8. The Morgan fingerprint density at radius 2 is 1.66 bits per heavy atom. The van der Waals surface area contributed by atoms with E-state index in [1.165, 1.54) is 11.8 Å². The normalized spacial score (nSPS) is 11.0. The molecule has 0 radical (unpaired) electrons. The number of Topliss-reactive ketones (excluding diaryl/α,β-unsaturated/α-hetero) is 1. The molecule has 0 saturated carbocycles. The molecule has 0 spiro atoms. The van der Waals surface area contributed by atoms with Crippen molar-refractivity contribution in [1.82, 2.24) is 19.7 Å². The molecule has 5 aromatic rings. The number of ketones is 1. The van der Waals surface area contributed by atoms with Crippen LogP contribution in [0, 0.1) is 0 Å². The average Bonchev–Trinajstić information content (AvgIpc) is 3.32. The Balaban J connectivity index is 1.23. The average molecular weight is 481 g/mol. The van der Waals surface area contributed by atoms with Crippen molar-refractivity contribution < 1.29 is 9.53 Å². The van der Waals surface area contributed by atoms with E-state index in [-0.39, 0.29) is 18.1 Å². The van der Waals surface area contributed by atoms with E-state index in [0.29, 0.717) is 28.8 Å². The Morgan fingerprint density at radius 1 is 0.886 bits per heavy atom. The minimum absolute atomic E-state index is 0.0555. The predicted octanol–water partition coefficient (Wildman–Crippen LogP) is 6.07. The van der Waals surface area contributed by atoms with Crippen LogP contribution in [0.1, 0.15) is 23.1 Å². The number of pyridine rings is 1. The summed E-state index contributed by atoms with van der Waals surface area (Å²) < 4.78 is 8.02. The first-order chi connectivity index (χ1) is 17.2. The largest absolute Gasteiger partial charge is 0.483 e. The number of para-hydroxylation sites is 1. The second-order valence-electron chi connectivity index (χ2n) is 7.92. The van der Waals surface area contributed by atoms with Crippen molar-refractivity contribution in [1.29, 1.82) is 0 Å². The number of thioether (sulfide) groups is 1. The minimum atomic E-state index is 0.0555. The van der Waals surface area contributed by atoms with E-state index >= 15 is 0 Å². The summed E-state index contributed by atoms with van der Waals surface area (Å²) in [6.07, 6.45) is 1.75. The van der Waals surface area contributed by atoms with Crippen LogP contribution >= 0.6 is 11.8 Å². The summed E-state index contributed by atoms with van der Waals surface area (Å²) >= 11 is 1.39. The Bertz CT molecular complexity index is 1440. The highest BCUT2D eigenvalue weighted by Gasteiger charge is 2.15. The summed E-state index contributed by atoms with van der Waals surface area (Å²) in [5.74, 6) is 1.76. The fraction of sp³-hybridized carbons (Fsp3) is 0.143. The van der Waals surface area contributed by atoms with Gasteiger partial charge in [-0.1, -0.05) is 84.6 Å². The monoisotopic (exact) mass is 480 g/mol. The fourth-order valence-corrected chi connectivity index (χ4v) is 4.79. The van der Waals surface area contributed by atoms with Gasteiger partial charge < -0.3 is 9.30 Å². The first-order valence-electron chi connectivity index (χ1n) is 11.4. The van der Waals surface area contributed by atoms with E-state index in [2.05, 4.69) is 27.3 Å².